The van der Waals surface area contributed by atoms with Crippen LogP contribution >= 0.6 is 11.3 Å². The van der Waals surface area contributed by atoms with Gasteiger partial charge in [0.25, 0.3) is 5.91 Å². The van der Waals surface area contributed by atoms with E-state index >= 15 is 0 Å². The van der Waals surface area contributed by atoms with E-state index in [1.54, 1.807) is 0 Å². The van der Waals surface area contributed by atoms with Crippen LogP contribution in [0.4, 0.5) is 0 Å². The second-order valence-electron chi connectivity index (χ2n) is 5.91. The van der Waals surface area contributed by atoms with Crippen LogP contribution in [0, 0.1) is 5.92 Å². The van der Waals surface area contributed by atoms with Crippen molar-refractivity contribution in [3.8, 4) is 0 Å². The fourth-order valence-corrected chi connectivity index (χ4v) is 4.39. The molecule has 2 rings (SSSR count). The van der Waals surface area contributed by atoms with Gasteiger partial charge in [0.2, 0.25) is 0 Å². The Bertz CT molecular complexity index is 684. The van der Waals surface area contributed by atoms with E-state index in [1.165, 1.54) is 12.1 Å². The lowest BCUT2D eigenvalue weighted by Crippen LogP contribution is -2.56. The minimum Gasteiger partial charge on any atom is -0.480 e. The van der Waals surface area contributed by atoms with Crippen molar-refractivity contribution in [3.05, 3.63) is 17.0 Å². The summed E-state index contributed by atoms with van der Waals surface area (Å²) in [5, 5.41) is 12.1. The van der Waals surface area contributed by atoms with Crippen LogP contribution < -0.4 is 5.32 Å². The molecule has 6 nitrogen and oxygen atoms in total. The molecule has 1 aromatic rings. The van der Waals surface area contributed by atoms with Gasteiger partial charge in [0.1, 0.15) is 9.75 Å². The van der Waals surface area contributed by atoms with Crippen LogP contribution in [0.15, 0.2) is 16.3 Å². The number of carboxylic acid groups (broad SMARTS) is 1. The van der Waals surface area contributed by atoms with Crippen LogP contribution in [-0.2, 0) is 14.6 Å². The third-order valence-corrected chi connectivity index (χ3v) is 6.96. The first-order valence-corrected chi connectivity index (χ1v) is 9.71. The number of sulfone groups is 1. The summed E-state index contributed by atoms with van der Waals surface area (Å²) in [6, 6.07) is 2.78. The van der Waals surface area contributed by atoms with Crippen LogP contribution in [0.5, 0.6) is 0 Å². The number of nitrogens with one attached hydrogen (secondary N) is 1. The number of hydrogen-bond acceptors (Lipinski definition) is 5. The van der Waals surface area contributed by atoms with E-state index in [4.69, 9.17) is 0 Å². The Morgan fingerprint density at radius 1 is 1.32 bits per heavy atom. The molecule has 0 radical (unpaired) electrons. The lowest BCUT2D eigenvalue weighted by Gasteiger charge is -2.36. The van der Waals surface area contributed by atoms with Crippen molar-refractivity contribution in [3.63, 3.8) is 0 Å². The summed E-state index contributed by atoms with van der Waals surface area (Å²) in [6.45, 7) is 2.06. The maximum atomic E-state index is 12.3. The van der Waals surface area contributed by atoms with Gasteiger partial charge in [-0.15, -0.1) is 11.3 Å². The molecule has 1 heterocycles. The van der Waals surface area contributed by atoms with Crippen molar-refractivity contribution in [1.29, 1.82) is 0 Å². The highest BCUT2D eigenvalue weighted by Crippen LogP contribution is 2.33. The van der Waals surface area contributed by atoms with Crippen LogP contribution in [0.2, 0.25) is 0 Å². The van der Waals surface area contributed by atoms with Crippen molar-refractivity contribution >= 4 is 33.1 Å². The molecule has 1 aromatic heterocycles. The molecule has 0 atom stereocenters. The average Bonchev–Trinajstić information content (AvgIpc) is 2.91. The first-order valence-electron chi connectivity index (χ1n) is 7.00. The third-order valence-electron chi connectivity index (χ3n) is 4.06. The molecule has 2 N–H and O–H groups in total. The predicted molar refractivity (Wildman–Crippen MR) is 82.9 cm³/mol. The van der Waals surface area contributed by atoms with Gasteiger partial charge < -0.3 is 10.4 Å². The van der Waals surface area contributed by atoms with E-state index in [2.05, 4.69) is 12.2 Å². The molecule has 8 heteroatoms. The molecular weight excluding hydrogens is 326 g/mol. The second kappa shape index (κ2) is 6.00. The molecule has 1 aliphatic carbocycles. The molecule has 1 saturated carbocycles. The number of carbonyl (C=O) groups is 2. The quantitative estimate of drug-likeness (QED) is 0.868. The Balaban J connectivity index is 2.19. The molecule has 0 bridgehead atoms. The normalized spacial score (nSPS) is 25.6. The van der Waals surface area contributed by atoms with Crippen molar-refractivity contribution in [2.75, 3.05) is 6.26 Å². The van der Waals surface area contributed by atoms with E-state index in [1.807, 2.05) is 0 Å². The Kier molecular flexibility index (Phi) is 4.62. The Hall–Kier alpha value is -1.41. The highest BCUT2D eigenvalue weighted by Gasteiger charge is 2.42. The summed E-state index contributed by atoms with van der Waals surface area (Å²) in [5.74, 6) is -1.12. The van der Waals surface area contributed by atoms with E-state index in [0.29, 0.717) is 18.8 Å². The molecule has 0 spiro atoms. The van der Waals surface area contributed by atoms with Gasteiger partial charge >= 0.3 is 5.97 Å². The van der Waals surface area contributed by atoms with Gasteiger partial charge in [-0.05, 0) is 43.7 Å². The van der Waals surface area contributed by atoms with Crippen LogP contribution in [0.25, 0.3) is 0 Å². The van der Waals surface area contributed by atoms with Gasteiger partial charge in [0.15, 0.2) is 9.84 Å². The average molecular weight is 345 g/mol. The Morgan fingerprint density at radius 2 is 1.91 bits per heavy atom. The molecule has 0 aromatic carbocycles. The van der Waals surface area contributed by atoms with Crippen molar-refractivity contribution < 1.29 is 23.1 Å². The molecule has 1 amide bonds. The molecule has 1 aliphatic rings. The number of carboxylic acids is 1. The van der Waals surface area contributed by atoms with E-state index in [-0.39, 0.29) is 9.09 Å². The summed E-state index contributed by atoms with van der Waals surface area (Å²) in [6.07, 6.45) is 3.33. The van der Waals surface area contributed by atoms with Gasteiger partial charge in [0, 0.05) is 6.26 Å². The summed E-state index contributed by atoms with van der Waals surface area (Å²) in [4.78, 5) is 24.1. The zero-order valence-electron chi connectivity index (χ0n) is 12.5. The van der Waals surface area contributed by atoms with Crippen LogP contribution in [0.3, 0.4) is 0 Å². The molecule has 0 unspecified atom stereocenters. The SMILES string of the molecule is CC1CCC(NC(=O)c2ccc(S(C)(=O)=O)s2)(C(=O)O)CC1. The number of aliphatic carboxylic acids is 1. The van der Waals surface area contributed by atoms with Gasteiger partial charge in [-0.3, -0.25) is 4.79 Å². The van der Waals surface area contributed by atoms with E-state index in [0.717, 1.165) is 30.4 Å². The minimum absolute atomic E-state index is 0.0966. The summed E-state index contributed by atoms with van der Waals surface area (Å²) < 4.78 is 23.0. The van der Waals surface area contributed by atoms with Gasteiger partial charge in [0.05, 0.1) is 4.88 Å². The largest absolute Gasteiger partial charge is 0.480 e. The molecule has 22 heavy (non-hydrogen) atoms. The van der Waals surface area contributed by atoms with Crippen LogP contribution in [0.1, 0.15) is 42.3 Å². The predicted octanol–water partition coefficient (Wildman–Crippen LogP) is 1.91. The van der Waals surface area contributed by atoms with Crippen molar-refractivity contribution in [2.24, 2.45) is 5.92 Å². The fraction of sp³-hybridized carbons (Fsp3) is 0.571. The van der Waals surface area contributed by atoms with E-state index in [9.17, 15) is 23.1 Å². The zero-order valence-corrected chi connectivity index (χ0v) is 14.1. The van der Waals surface area contributed by atoms with Crippen molar-refractivity contribution in [1.82, 2.24) is 5.32 Å². The molecule has 1 fully saturated rings. The monoisotopic (exact) mass is 345 g/mol. The Morgan fingerprint density at radius 3 is 2.36 bits per heavy atom. The molecular formula is C14H19NO5S2. The smallest absolute Gasteiger partial charge is 0.329 e. The zero-order chi connectivity index (χ0) is 16.5. The standard InChI is InChI=1S/C14H19NO5S2/c1-9-5-7-14(8-6-9,13(17)18)15-12(16)10-3-4-11(21-10)22(2,19)20/h3-4,9H,5-8H2,1-2H3,(H,15,16)(H,17,18). The Labute approximate surface area is 133 Å². The highest BCUT2D eigenvalue weighted by atomic mass is 32.2. The number of thiophene rings is 1. The number of amides is 1. The topological polar surface area (TPSA) is 101 Å². The molecule has 0 saturated heterocycles. The van der Waals surface area contributed by atoms with E-state index < -0.39 is 27.3 Å². The van der Waals surface area contributed by atoms with Gasteiger partial charge in [-0.25, -0.2) is 13.2 Å². The number of rotatable bonds is 4. The summed E-state index contributed by atoms with van der Waals surface area (Å²) in [7, 11) is -3.37. The van der Waals surface area contributed by atoms with Gasteiger partial charge in [-0.1, -0.05) is 6.92 Å². The lowest BCUT2D eigenvalue weighted by molar-refractivity contribution is -0.146. The first-order chi connectivity index (χ1) is 10.1. The number of carbonyl (C=O) groups excluding carboxylic acids is 1. The lowest BCUT2D eigenvalue weighted by atomic mass is 9.77. The molecule has 0 aliphatic heterocycles. The second-order valence-corrected chi connectivity index (χ2v) is 9.24. The third kappa shape index (κ3) is 3.49. The summed E-state index contributed by atoms with van der Waals surface area (Å²) in [5.41, 5.74) is -1.25. The van der Waals surface area contributed by atoms with Crippen LogP contribution in [-0.4, -0.2) is 37.2 Å². The number of hydrogen-bond donors (Lipinski definition) is 2. The maximum absolute atomic E-state index is 12.3. The maximum Gasteiger partial charge on any atom is 0.329 e. The highest BCUT2D eigenvalue weighted by molar-refractivity contribution is 7.92. The first kappa shape index (κ1) is 17.0. The van der Waals surface area contributed by atoms with Gasteiger partial charge in [-0.2, -0.15) is 0 Å². The molecule has 122 valence electrons. The van der Waals surface area contributed by atoms with Crippen molar-refractivity contribution in [2.45, 2.75) is 42.4 Å². The summed E-state index contributed by atoms with van der Waals surface area (Å²) >= 11 is 0.855. The minimum atomic E-state index is -3.37. The fourth-order valence-electron chi connectivity index (χ4n) is 2.57.